The van der Waals surface area contributed by atoms with Crippen molar-refractivity contribution in [2.24, 2.45) is 11.8 Å². The predicted octanol–water partition coefficient (Wildman–Crippen LogP) is 5.46. The van der Waals surface area contributed by atoms with Gasteiger partial charge in [-0.05, 0) is 49.6 Å². The molecule has 2 aromatic rings. The number of carboxylic acids is 1. The number of carbonyl (C=O) groups excluding carboxylic acids is 1. The zero-order valence-electron chi connectivity index (χ0n) is 16.3. The number of allylic oxidation sites excluding steroid dienone is 2. The molecule has 1 aliphatic rings. The second kappa shape index (κ2) is 10.1. The Morgan fingerprint density at radius 3 is 2.86 bits per heavy atom. The first-order valence-corrected chi connectivity index (χ1v) is 11.0. The SMILES string of the molecule is O=C(O)CCC/C=C\C[C@H]1C(=O)C[C@H](F)[C@@H]1CC[C@@H](O)c1cc2ccccc2s1. The zero-order chi connectivity index (χ0) is 20.8. The van der Waals surface area contributed by atoms with Crippen LogP contribution >= 0.6 is 11.3 Å². The molecule has 0 saturated heterocycles. The first-order valence-electron chi connectivity index (χ1n) is 10.2. The summed E-state index contributed by atoms with van der Waals surface area (Å²) in [5.74, 6) is -1.58. The average molecular weight is 419 g/mol. The van der Waals surface area contributed by atoms with Crippen LogP contribution in [-0.2, 0) is 9.59 Å². The third-order valence-electron chi connectivity index (χ3n) is 5.66. The molecule has 3 rings (SSSR count). The van der Waals surface area contributed by atoms with Crippen LogP contribution in [0.3, 0.4) is 0 Å². The minimum Gasteiger partial charge on any atom is -0.481 e. The number of hydrogen-bond donors (Lipinski definition) is 2. The molecule has 0 amide bonds. The number of alkyl halides is 1. The summed E-state index contributed by atoms with van der Waals surface area (Å²) in [4.78, 5) is 23.6. The highest BCUT2D eigenvalue weighted by molar-refractivity contribution is 7.19. The second-order valence-corrected chi connectivity index (χ2v) is 8.84. The molecule has 1 saturated carbocycles. The van der Waals surface area contributed by atoms with Crippen molar-refractivity contribution >= 4 is 33.2 Å². The quantitative estimate of drug-likeness (QED) is 0.397. The number of Topliss-reactive ketones (excluding diaryl/α,β-unsaturated/α-hetero) is 1. The van der Waals surface area contributed by atoms with Crippen LogP contribution in [0.5, 0.6) is 0 Å². The van der Waals surface area contributed by atoms with Crippen molar-refractivity contribution < 1.29 is 24.2 Å². The second-order valence-electron chi connectivity index (χ2n) is 7.73. The van der Waals surface area contributed by atoms with Gasteiger partial charge in [0, 0.05) is 34.3 Å². The van der Waals surface area contributed by atoms with E-state index in [0.29, 0.717) is 32.1 Å². The standard InChI is InChI=1S/C23H27FO4S/c24-18-14-20(26)17(8-3-1-2-4-10-23(27)28)16(18)11-12-19(25)22-13-15-7-5-6-9-21(15)29-22/h1,3,5-7,9,13,16-19,25H,2,4,8,10-12,14H2,(H,27,28)/b3-1-/t16-,17-,18+,19-/m1/s1. The summed E-state index contributed by atoms with van der Waals surface area (Å²) in [6.07, 6.45) is 4.62. The van der Waals surface area contributed by atoms with Crippen LogP contribution in [-0.4, -0.2) is 28.1 Å². The highest BCUT2D eigenvalue weighted by Gasteiger charge is 2.41. The first kappa shape index (κ1) is 21.7. The number of aliphatic hydroxyl groups is 1. The maximum Gasteiger partial charge on any atom is 0.303 e. The number of aliphatic hydroxyl groups excluding tert-OH is 1. The van der Waals surface area contributed by atoms with Crippen LogP contribution in [0.2, 0.25) is 0 Å². The fourth-order valence-corrected chi connectivity index (χ4v) is 5.15. The summed E-state index contributed by atoms with van der Waals surface area (Å²) in [7, 11) is 0. The molecule has 0 unspecified atom stereocenters. The van der Waals surface area contributed by atoms with Crippen LogP contribution in [0.15, 0.2) is 42.5 Å². The van der Waals surface area contributed by atoms with Gasteiger partial charge >= 0.3 is 5.97 Å². The fourth-order valence-electron chi connectivity index (χ4n) is 4.07. The number of rotatable bonds is 10. The molecule has 1 aliphatic carbocycles. The molecule has 4 nitrogen and oxygen atoms in total. The Bertz CT molecular complexity index is 842. The van der Waals surface area contributed by atoms with E-state index in [0.717, 1.165) is 15.0 Å². The van der Waals surface area contributed by atoms with E-state index in [4.69, 9.17) is 5.11 Å². The molecule has 6 heteroatoms. The van der Waals surface area contributed by atoms with Crippen molar-refractivity contribution in [1.82, 2.24) is 0 Å². The fraction of sp³-hybridized carbons (Fsp3) is 0.478. The number of halogens is 1. The smallest absolute Gasteiger partial charge is 0.303 e. The molecule has 156 valence electrons. The molecule has 0 bridgehead atoms. The molecule has 1 heterocycles. The molecule has 1 aromatic carbocycles. The van der Waals surface area contributed by atoms with Crippen LogP contribution in [0.1, 0.15) is 55.9 Å². The van der Waals surface area contributed by atoms with Gasteiger partial charge in [-0.15, -0.1) is 11.3 Å². The van der Waals surface area contributed by atoms with Gasteiger partial charge in [-0.3, -0.25) is 9.59 Å². The minimum absolute atomic E-state index is 0.0405. The molecule has 4 atom stereocenters. The van der Waals surface area contributed by atoms with Gasteiger partial charge in [0.25, 0.3) is 0 Å². The number of benzene rings is 1. The zero-order valence-corrected chi connectivity index (χ0v) is 17.1. The maximum absolute atomic E-state index is 14.4. The number of fused-ring (bicyclic) bond motifs is 1. The molecule has 1 fully saturated rings. The van der Waals surface area contributed by atoms with Crippen molar-refractivity contribution in [3.63, 3.8) is 0 Å². The summed E-state index contributed by atoms with van der Waals surface area (Å²) >= 11 is 1.55. The molecule has 0 radical (unpaired) electrons. The number of aliphatic carboxylic acids is 1. The summed E-state index contributed by atoms with van der Waals surface area (Å²) < 4.78 is 15.6. The third-order valence-corrected chi connectivity index (χ3v) is 6.87. The lowest BCUT2D eigenvalue weighted by Gasteiger charge is -2.20. The lowest BCUT2D eigenvalue weighted by Crippen LogP contribution is -2.19. The summed E-state index contributed by atoms with van der Waals surface area (Å²) in [5.41, 5.74) is 0. The molecule has 0 aliphatic heterocycles. The molecule has 2 N–H and O–H groups in total. The van der Waals surface area contributed by atoms with Gasteiger partial charge in [0.1, 0.15) is 12.0 Å². The van der Waals surface area contributed by atoms with Crippen LogP contribution in [0.4, 0.5) is 4.39 Å². The number of carboxylic acid groups (broad SMARTS) is 1. The Kier molecular flexibility index (Phi) is 7.56. The van der Waals surface area contributed by atoms with Gasteiger partial charge in [-0.1, -0.05) is 30.4 Å². The van der Waals surface area contributed by atoms with E-state index < -0.39 is 18.2 Å². The molecule has 0 spiro atoms. The minimum atomic E-state index is -1.15. The van der Waals surface area contributed by atoms with Crippen molar-refractivity contribution in [1.29, 1.82) is 0 Å². The highest BCUT2D eigenvalue weighted by Crippen LogP contribution is 2.40. The van der Waals surface area contributed by atoms with Crippen molar-refractivity contribution in [3.05, 3.63) is 47.4 Å². The van der Waals surface area contributed by atoms with Crippen molar-refractivity contribution in [3.8, 4) is 0 Å². The van der Waals surface area contributed by atoms with Gasteiger partial charge in [0.05, 0.1) is 6.10 Å². The Labute approximate surface area is 174 Å². The summed E-state index contributed by atoms with van der Waals surface area (Å²) in [6.45, 7) is 0. The van der Waals surface area contributed by atoms with Gasteiger partial charge in [-0.25, -0.2) is 4.39 Å². The van der Waals surface area contributed by atoms with Gasteiger partial charge in [0.2, 0.25) is 0 Å². The number of ketones is 1. The van der Waals surface area contributed by atoms with E-state index in [9.17, 15) is 19.1 Å². The maximum atomic E-state index is 14.4. The van der Waals surface area contributed by atoms with Crippen molar-refractivity contribution in [2.75, 3.05) is 0 Å². The van der Waals surface area contributed by atoms with Crippen LogP contribution in [0.25, 0.3) is 10.1 Å². The predicted molar refractivity (Wildman–Crippen MR) is 113 cm³/mol. The van der Waals surface area contributed by atoms with Gasteiger partial charge in [0.15, 0.2) is 0 Å². The number of unbranched alkanes of at least 4 members (excludes halogenated alkanes) is 1. The van der Waals surface area contributed by atoms with Crippen LogP contribution in [0, 0.1) is 11.8 Å². The van der Waals surface area contributed by atoms with E-state index in [1.54, 1.807) is 11.3 Å². The third kappa shape index (κ3) is 5.73. The van der Waals surface area contributed by atoms with Crippen molar-refractivity contribution in [2.45, 2.75) is 57.2 Å². The van der Waals surface area contributed by atoms with Gasteiger partial charge in [-0.2, -0.15) is 0 Å². The molecule has 1 aromatic heterocycles. The Hall–Kier alpha value is -2.05. The van der Waals surface area contributed by atoms with E-state index in [1.165, 1.54) is 0 Å². The largest absolute Gasteiger partial charge is 0.481 e. The topological polar surface area (TPSA) is 74.6 Å². The normalized spacial score (nSPS) is 23.2. The lowest BCUT2D eigenvalue weighted by molar-refractivity contribution is -0.137. The molecule has 29 heavy (non-hydrogen) atoms. The molecular weight excluding hydrogens is 391 g/mol. The summed E-state index contributed by atoms with van der Waals surface area (Å²) in [6, 6.07) is 9.93. The number of carbonyl (C=O) groups is 2. The monoisotopic (exact) mass is 418 g/mol. The Morgan fingerprint density at radius 1 is 1.31 bits per heavy atom. The number of thiophene rings is 1. The molecular formula is C23H27FO4S. The van der Waals surface area contributed by atoms with E-state index >= 15 is 0 Å². The lowest BCUT2D eigenvalue weighted by atomic mass is 9.87. The Balaban J connectivity index is 1.53. The van der Waals surface area contributed by atoms with E-state index in [2.05, 4.69) is 0 Å². The van der Waals surface area contributed by atoms with Gasteiger partial charge < -0.3 is 10.2 Å². The van der Waals surface area contributed by atoms with Crippen LogP contribution < -0.4 is 0 Å². The number of hydrogen-bond acceptors (Lipinski definition) is 4. The van der Waals surface area contributed by atoms with E-state index in [1.807, 2.05) is 42.5 Å². The first-order chi connectivity index (χ1) is 14.0. The Morgan fingerprint density at radius 2 is 2.10 bits per heavy atom. The highest BCUT2D eigenvalue weighted by atomic mass is 32.1. The average Bonchev–Trinajstić information content (AvgIpc) is 3.23. The van der Waals surface area contributed by atoms with E-state index in [-0.39, 0.29) is 30.5 Å². The summed E-state index contributed by atoms with van der Waals surface area (Å²) in [5, 5.41) is 20.3.